The van der Waals surface area contributed by atoms with Crippen LogP contribution in [-0.2, 0) is 9.59 Å². The zero-order valence-electron chi connectivity index (χ0n) is 12.7. The van der Waals surface area contributed by atoms with Crippen LogP contribution in [0.15, 0.2) is 0 Å². The van der Waals surface area contributed by atoms with Gasteiger partial charge >= 0.3 is 0 Å². The number of hydrogen-bond donors (Lipinski definition) is 1. The van der Waals surface area contributed by atoms with E-state index in [9.17, 15) is 9.59 Å². The molecule has 0 bridgehead atoms. The lowest BCUT2D eigenvalue weighted by molar-refractivity contribution is -0.139. The SMILES string of the molecule is CC(=O)N1CCN(C(=O)CC(C)C2CCCNC2)CC1. The van der Waals surface area contributed by atoms with Crippen molar-refractivity contribution in [3.8, 4) is 0 Å². The summed E-state index contributed by atoms with van der Waals surface area (Å²) in [6.45, 7) is 8.69. The minimum absolute atomic E-state index is 0.110. The summed E-state index contributed by atoms with van der Waals surface area (Å²) < 4.78 is 0. The number of nitrogens with zero attached hydrogens (tertiary/aromatic N) is 2. The third-order valence-electron chi connectivity index (χ3n) is 4.71. The maximum Gasteiger partial charge on any atom is 0.222 e. The molecule has 0 aromatic heterocycles. The Kier molecular flexibility index (Phi) is 5.40. The van der Waals surface area contributed by atoms with E-state index in [2.05, 4.69) is 12.2 Å². The van der Waals surface area contributed by atoms with Gasteiger partial charge in [-0.3, -0.25) is 9.59 Å². The van der Waals surface area contributed by atoms with Gasteiger partial charge in [0.2, 0.25) is 11.8 Å². The van der Waals surface area contributed by atoms with E-state index in [-0.39, 0.29) is 11.8 Å². The number of carbonyl (C=O) groups is 2. The largest absolute Gasteiger partial charge is 0.339 e. The third-order valence-corrected chi connectivity index (χ3v) is 4.71. The molecule has 1 N–H and O–H groups in total. The lowest BCUT2D eigenvalue weighted by Crippen LogP contribution is -2.50. The molecule has 20 heavy (non-hydrogen) atoms. The van der Waals surface area contributed by atoms with Gasteiger partial charge in [0, 0.05) is 39.5 Å². The molecule has 2 amide bonds. The molecule has 0 saturated carbocycles. The van der Waals surface area contributed by atoms with E-state index in [1.807, 2.05) is 9.80 Å². The van der Waals surface area contributed by atoms with Gasteiger partial charge < -0.3 is 15.1 Å². The fourth-order valence-corrected chi connectivity index (χ4v) is 3.21. The van der Waals surface area contributed by atoms with Crippen LogP contribution in [0, 0.1) is 11.8 Å². The first-order valence-electron chi connectivity index (χ1n) is 7.82. The molecule has 0 aromatic carbocycles. The molecule has 0 spiro atoms. The van der Waals surface area contributed by atoms with Gasteiger partial charge in [-0.05, 0) is 37.8 Å². The van der Waals surface area contributed by atoms with Gasteiger partial charge in [-0.15, -0.1) is 0 Å². The number of piperazine rings is 1. The molecule has 2 saturated heterocycles. The Bertz CT molecular complexity index is 345. The smallest absolute Gasteiger partial charge is 0.222 e. The Balaban J connectivity index is 1.76. The fraction of sp³-hybridized carbons (Fsp3) is 0.867. The molecule has 2 aliphatic rings. The number of amides is 2. The van der Waals surface area contributed by atoms with E-state index >= 15 is 0 Å². The predicted molar refractivity (Wildman–Crippen MR) is 78.2 cm³/mol. The topological polar surface area (TPSA) is 52.7 Å². The molecule has 2 fully saturated rings. The fourth-order valence-electron chi connectivity index (χ4n) is 3.21. The highest BCUT2D eigenvalue weighted by Crippen LogP contribution is 2.23. The quantitative estimate of drug-likeness (QED) is 0.828. The van der Waals surface area contributed by atoms with Gasteiger partial charge in [-0.25, -0.2) is 0 Å². The van der Waals surface area contributed by atoms with Crippen molar-refractivity contribution in [3.05, 3.63) is 0 Å². The van der Waals surface area contributed by atoms with Crippen LogP contribution in [0.3, 0.4) is 0 Å². The summed E-state index contributed by atoms with van der Waals surface area (Å²) in [7, 11) is 0. The van der Waals surface area contributed by atoms with Crippen molar-refractivity contribution in [2.45, 2.75) is 33.1 Å². The number of nitrogens with one attached hydrogen (secondary N) is 1. The molecule has 0 aromatic rings. The van der Waals surface area contributed by atoms with E-state index < -0.39 is 0 Å². The van der Waals surface area contributed by atoms with Crippen molar-refractivity contribution < 1.29 is 9.59 Å². The van der Waals surface area contributed by atoms with Gasteiger partial charge in [0.15, 0.2) is 0 Å². The van der Waals surface area contributed by atoms with Crippen LogP contribution in [0.5, 0.6) is 0 Å². The number of rotatable bonds is 3. The summed E-state index contributed by atoms with van der Waals surface area (Å²) >= 11 is 0. The van der Waals surface area contributed by atoms with Crippen LogP contribution >= 0.6 is 0 Å². The second-order valence-electron chi connectivity index (χ2n) is 6.17. The Morgan fingerprint density at radius 2 is 1.85 bits per heavy atom. The van der Waals surface area contributed by atoms with Crippen LogP contribution in [0.25, 0.3) is 0 Å². The molecule has 5 heteroatoms. The molecule has 2 rings (SSSR count). The summed E-state index contributed by atoms with van der Waals surface area (Å²) in [4.78, 5) is 27.3. The van der Waals surface area contributed by atoms with E-state index in [1.165, 1.54) is 12.8 Å². The first-order chi connectivity index (χ1) is 9.58. The average molecular weight is 281 g/mol. The van der Waals surface area contributed by atoms with E-state index in [0.717, 1.165) is 13.1 Å². The average Bonchev–Trinajstić information content (AvgIpc) is 2.48. The molecule has 114 valence electrons. The van der Waals surface area contributed by atoms with Crippen LogP contribution in [-0.4, -0.2) is 60.9 Å². The summed E-state index contributed by atoms with van der Waals surface area (Å²) in [6, 6.07) is 0. The van der Waals surface area contributed by atoms with Crippen LogP contribution in [0.1, 0.15) is 33.1 Å². The van der Waals surface area contributed by atoms with Crippen LogP contribution in [0.4, 0.5) is 0 Å². The van der Waals surface area contributed by atoms with Gasteiger partial charge in [0.1, 0.15) is 0 Å². The van der Waals surface area contributed by atoms with Gasteiger partial charge in [0.25, 0.3) is 0 Å². The highest BCUT2D eigenvalue weighted by Gasteiger charge is 2.26. The van der Waals surface area contributed by atoms with E-state index in [1.54, 1.807) is 6.92 Å². The summed E-state index contributed by atoms with van der Waals surface area (Å²) in [5.74, 6) is 1.44. The predicted octanol–water partition coefficient (Wildman–Crippen LogP) is 0.703. The zero-order valence-corrected chi connectivity index (χ0v) is 12.7. The molecule has 5 nitrogen and oxygen atoms in total. The molecule has 2 heterocycles. The zero-order chi connectivity index (χ0) is 14.5. The standard InChI is InChI=1S/C15H27N3O2/c1-12(14-4-3-5-16-11-14)10-15(20)18-8-6-17(7-9-18)13(2)19/h12,14,16H,3-11H2,1-2H3. The van der Waals surface area contributed by atoms with Crippen molar-refractivity contribution in [3.63, 3.8) is 0 Å². The van der Waals surface area contributed by atoms with Crippen molar-refractivity contribution in [1.82, 2.24) is 15.1 Å². The molecular formula is C15H27N3O2. The summed E-state index contributed by atoms with van der Waals surface area (Å²) in [5.41, 5.74) is 0. The molecule has 2 aliphatic heterocycles. The van der Waals surface area contributed by atoms with Crippen molar-refractivity contribution in [1.29, 1.82) is 0 Å². The van der Waals surface area contributed by atoms with Crippen molar-refractivity contribution in [2.75, 3.05) is 39.3 Å². The van der Waals surface area contributed by atoms with Gasteiger partial charge in [-0.2, -0.15) is 0 Å². The van der Waals surface area contributed by atoms with Gasteiger partial charge in [-0.1, -0.05) is 6.92 Å². The molecular weight excluding hydrogens is 254 g/mol. The second-order valence-corrected chi connectivity index (χ2v) is 6.17. The monoisotopic (exact) mass is 281 g/mol. The highest BCUT2D eigenvalue weighted by atomic mass is 16.2. The molecule has 2 unspecified atom stereocenters. The molecule has 0 radical (unpaired) electrons. The van der Waals surface area contributed by atoms with E-state index in [0.29, 0.717) is 44.4 Å². The Labute approximate surface area is 121 Å². The summed E-state index contributed by atoms with van der Waals surface area (Å²) in [6.07, 6.45) is 3.10. The second kappa shape index (κ2) is 7.07. The lowest BCUT2D eigenvalue weighted by Gasteiger charge is -2.35. The van der Waals surface area contributed by atoms with Crippen molar-refractivity contribution >= 4 is 11.8 Å². The minimum atomic E-state index is 0.110. The Morgan fingerprint density at radius 3 is 2.40 bits per heavy atom. The lowest BCUT2D eigenvalue weighted by atomic mass is 9.85. The Morgan fingerprint density at radius 1 is 1.20 bits per heavy atom. The number of hydrogen-bond acceptors (Lipinski definition) is 3. The first-order valence-corrected chi connectivity index (χ1v) is 7.82. The Hall–Kier alpha value is -1.10. The molecule has 2 atom stereocenters. The van der Waals surface area contributed by atoms with Gasteiger partial charge in [0.05, 0.1) is 0 Å². The van der Waals surface area contributed by atoms with Crippen molar-refractivity contribution in [2.24, 2.45) is 11.8 Å². The number of piperidine rings is 1. The third kappa shape index (κ3) is 3.95. The highest BCUT2D eigenvalue weighted by molar-refractivity contribution is 5.77. The maximum atomic E-state index is 12.3. The maximum absolute atomic E-state index is 12.3. The van der Waals surface area contributed by atoms with E-state index in [4.69, 9.17) is 0 Å². The van der Waals surface area contributed by atoms with Crippen LogP contribution in [0.2, 0.25) is 0 Å². The first kappa shape index (κ1) is 15.3. The minimum Gasteiger partial charge on any atom is -0.339 e. The molecule has 0 aliphatic carbocycles. The normalized spacial score (nSPS) is 25.4. The summed E-state index contributed by atoms with van der Waals surface area (Å²) in [5, 5.41) is 3.42. The van der Waals surface area contributed by atoms with Crippen LogP contribution < -0.4 is 5.32 Å². The number of carbonyl (C=O) groups excluding carboxylic acids is 2.